The van der Waals surface area contributed by atoms with Gasteiger partial charge in [0.05, 0.1) is 18.1 Å². The van der Waals surface area contributed by atoms with Crippen LogP contribution in [0.2, 0.25) is 0 Å². The zero-order valence-electron chi connectivity index (χ0n) is 11.8. The first kappa shape index (κ1) is 19.6. The molecule has 0 heterocycles. The van der Waals surface area contributed by atoms with Crippen molar-refractivity contribution in [3.05, 3.63) is 11.3 Å². The highest BCUT2D eigenvalue weighted by atomic mass is 32.2. The van der Waals surface area contributed by atoms with Crippen LogP contribution in [0.4, 0.5) is 26.3 Å². The average Bonchev–Trinajstić information content (AvgIpc) is 2.37. The fourth-order valence-electron chi connectivity index (χ4n) is 1.94. The van der Waals surface area contributed by atoms with E-state index in [1.54, 1.807) is 0 Å². The molecule has 1 aliphatic rings. The number of hydrogen-bond donors (Lipinski definition) is 0. The zero-order chi connectivity index (χ0) is 18.3. The molecule has 0 N–H and O–H groups in total. The molecule has 0 unspecified atom stereocenters. The molecule has 0 saturated carbocycles. The van der Waals surface area contributed by atoms with E-state index < -0.39 is 63.8 Å². The number of halogens is 6. The van der Waals surface area contributed by atoms with Gasteiger partial charge < -0.3 is 8.92 Å². The van der Waals surface area contributed by atoms with Gasteiger partial charge in [-0.25, -0.2) is 4.79 Å². The molecule has 23 heavy (non-hydrogen) atoms. The lowest BCUT2D eigenvalue weighted by Crippen LogP contribution is -2.39. The van der Waals surface area contributed by atoms with Crippen molar-refractivity contribution in [3.63, 3.8) is 0 Å². The van der Waals surface area contributed by atoms with Gasteiger partial charge in [-0.1, -0.05) is 6.92 Å². The lowest BCUT2D eigenvalue weighted by molar-refractivity contribution is -0.222. The molecule has 0 aromatic rings. The number of hydrogen-bond acceptors (Lipinski definition) is 5. The Morgan fingerprint density at radius 2 is 1.70 bits per heavy atom. The molecular weight excluding hydrogens is 358 g/mol. The molecule has 12 heteroatoms. The van der Waals surface area contributed by atoms with Gasteiger partial charge >= 0.3 is 27.8 Å². The van der Waals surface area contributed by atoms with Gasteiger partial charge in [0.15, 0.2) is 0 Å². The van der Waals surface area contributed by atoms with Gasteiger partial charge in [0.2, 0.25) is 0 Å². The zero-order valence-corrected chi connectivity index (χ0v) is 12.7. The second kappa shape index (κ2) is 5.87. The van der Waals surface area contributed by atoms with Crippen molar-refractivity contribution in [3.8, 4) is 0 Å². The van der Waals surface area contributed by atoms with E-state index in [0.29, 0.717) is 0 Å². The summed E-state index contributed by atoms with van der Waals surface area (Å²) < 4.78 is 106. The van der Waals surface area contributed by atoms with Gasteiger partial charge in [0, 0.05) is 6.42 Å². The molecule has 1 aliphatic carbocycles. The van der Waals surface area contributed by atoms with Crippen LogP contribution in [0.25, 0.3) is 0 Å². The van der Waals surface area contributed by atoms with Gasteiger partial charge in [0.1, 0.15) is 5.76 Å². The maximum absolute atomic E-state index is 13.0. The first-order chi connectivity index (χ1) is 10.1. The molecule has 1 atom stereocenters. The highest BCUT2D eigenvalue weighted by Crippen LogP contribution is 2.50. The van der Waals surface area contributed by atoms with Crippen molar-refractivity contribution < 1.29 is 48.5 Å². The summed E-state index contributed by atoms with van der Waals surface area (Å²) in [4.78, 5) is 11.5. The van der Waals surface area contributed by atoms with Crippen LogP contribution in [-0.2, 0) is 23.8 Å². The van der Waals surface area contributed by atoms with E-state index in [4.69, 9.17) is 0 Å². The van der Waals surface area contributed by atoms with Gasteiger partial charge in [-0.2, -0.15) is 34.8 Å². The van der Waals surface area contributed by atoms with Crippen LogP contribution in [0.3, 0.4) is 0 Å². The predicted octanol–water partition coefficient (Wildman–Crippen LogP) is 3.03. The molecule has 0 fully saturated rings. The molecule has 0 amide bonds. The average molecular weight is 370 g/mol. The first-order valence-electron chi connectivity index (χ1n) is 6.02. The minimum Gasteiger partial charge on any atom is -0.466 e. The van der Waals surface area contributed by atoms with Gasteiger partial charge in [-0.05, 0) is 12.8 Å². The lowest BCUT2D eigenvalue weighted by atomic mass is 9.74. The second-order valence-electron chi connectivity index (χ2n) is 5.11. The Balaban J connectivity index is 3.30. The van der Waals surface area contributed by atoms with E-state index in [1.165, 1.54) is 0 Å². The number of allylic oxidation sites excluding steroid dienone is 1. The fraction of sp³-hybridized carbons (Fsp3) is 0.727. The summed E-state index contributed by atoms with van der Waals surface area (Å²) in [5, 5.41) is 0. The van der Waals surface area contributed by atoms with E-state index >= 15 is 0 Å². The normalized spacial score (nSPS) is 23.7. The van der Waals surface area contributed by atoms with E-state index in [9.17, 15) is 39.6 Å². The van der Waals surface area contributed by atoms with Crippen LogP contribution >= 0.6 is 0 Å². The summed E-state index contributed by atoms with van der Waals surface area (Å²) in [5.41, 5.74) is -9.07. The van der Waals surface area contributed by atoms with Gasteiger partial charge in [-0.3, -0.25) is 0 Å². The molecule has 0 aliphatic heterocycles. The summed E-state index contributed by atoms with van der Waals surface area (Å²) in [6.07, 6.45) is -7.35. The fourth-order valence-corrected chi connectivity index (χ4v) is 2.48. The molecule has 0 aromatic carbocycles. The van der Waals surface area contributed by atoms with Crippen LogP contribution in [0.15, 0.2) is 11.3 Å². The molecule has 5 nitrogen and oxygen atoms in total. The van der Waals surface area contributed by atoms with E-state index in [0.717, 1.165) is 14.0 Å². The molecule has 0 bridgehead atoms. The Morgan fingerprint density at radius 1 is 1.17 bits per heavy atom. The molecule has 1 rings (SSSR count). The topological polar surface area (TPSA) is 69.7 Å². The van der Waals surface area contributed by atoms with Crippen LogP contribution in [0.1, 0.15) is 26.2 Å². The number of carbonyl (C=O) groups excluding carboxylic acids is 1. The number of methoxy groups -OCH3 is 1. The summed E-state index contributed by atoms with van der Waals surface area (Å²) in [6.45, 7) is 0.769. The minimum absolute atomic E-state index is 0.736. The van der Waals surface area contributed by atoms with E-state index in [2.05, 4.69) is 8.92 Å². The first-order valence-corrected chi connectivity index (χ1v) is 7.43. The molecule has 0 aromatic heterocycles. The quantitative estimate of drug-likeness (QED) is 0.331. The lowest BCUT2D eigenvalue weighted by Gasteiger charge is -2.36. The highest BCUT2D eigenvalue weighted by molar-refractivity contribution is 7.87. The molecular formula is C11H12F6O5S. The number of ether oxygens (including phenoxy) is 1. The van der Waals surface area contributed by atoms with Crippen molar-refractivity contribution in [2.24, 2.45) is 5.41 Å². The second-order valence-corrected chi connectivity index (χ2v) is 6.65. The van der Waals surface area contributed by atoms with Crippen molar-refractivity contribution in [2.45, 2.75) is 37.9 Å². The maximum atomic E-state index is 13.0. The number of alkyl halides is 6. The highest BCUT2D eigenvalue weighted by Gasteiger charge is 2.55. The standard InChI is InChI=1S/C11H12F6O5S/c1-9(10(12,13)14)4-3-7(6(5-9)8(18)21-2)22-23(19,20)11(15,16)17/h3-5H2,1-2H3/t9-/m1/s1. The van der Waals surface area contributed by atoms with Crippen LogP contribution in [0, 0.1) is 5.41 Å². The van der Waals surface area contributed by atoms with Crippen LogP contribution in [0.5, 0.6) is 0 Å². The third-order valence-electron chi connectivity index (χ3n) is 3.42. The van der Waals surface area contributed by atoms with Crippen molar-refractivity contribution >= 4 is 16.1 Å². The Hall–Kier alpha value is -1.46. The van der Waals surface area contributed by atoms with E-state index in [-0.39, 0.29) is 0 Å². The Labute approximate surface area is 127 Å². The third kappa shape index (κ3) is 3.90. The van der Waals surface area contributed by atoms with Crippen LogP contribution in [-0.4, -0.2) is 33.2 Å². The molecule has 134 valence electrons. The Bertz CT molecular complexity index is 618. The van der Waals surface area contributed by atoms with E-state index in [1.807, 2.05) is 0 Å². The van der Waals surface area contributed by atoms with Crippen molar-refractivity contribution in [2.75, 3.05) is 7.11 Å². The van der Waals surface area contributed by atoms with Crippen LogP contribution < -0.4 is 0 Å². The summed E-state index contributed by atoms with van der Waals surface area (Å²) in [7, 11) is -5.30. The SMILES string of the molecule is COC(=O)C1=C(OS(=O)(=O)C(F)(F)F)CC[C@@](C)(C(F)(F)F)C1. The maximum Gasteiger partial charge on any atom is 0.534 e. The molecule has 0 radical (unpaired) electrons. The third-order valence-corrected chi connectivity index (χ3v) is 4.40. The van der Waals surface area contributed by atoms with Crippen molar-refractivity contribution in [1.82, 2.24) is 0 Å². The smallest absolute Gasteiger partial charge is 0.466 e. The Morgan fingerprint density at radius 3 is 2.09 bits per heavy atom. The molecule has 0 saturated heterocycles. The number of carbonyl (C=O) groups is 1. The predicted molar refractivity (Wildman–Crippen MR) is 63.1 cm³/mol. The summed E-state index contributed by atoms with van der Waals surface area (Å²) >= 11 is 0. The number of rotatable bonds is 3. The number of esters is 1. The Kier molecular flexibility index (Phi) is 5.00. The summed E-state index contributed by atoms with van der Waals surface area (Å²) in [6, 6.07) is 0. The van der Waals surface area contributed by atoms with Crippen molar-refractivity contribution in [1.29, 1.82) is 0 Å². The molecule has 0 spiro atoms. The monoisotopic (exact) mass is 370 g/mol. The minimum atomic E-state index is -6.09. The summed E-state index contributed by atoms with van der Waals surface area (Å²) in [5.74, 6) is -2.37. The van der Waals surface area contributed by atoms with Gasteiger partial charge in [0.25, 0.3) is 0 Å². The largest absolute Gasteiger partial charge is 0.534 e. The van der Waals surface area contributed by atoms with Gasteiger partial charge in [-0.15, -0.1) is 0 Å².